The minimum absolute atomic E-state index is 0.0758. The zero-order chi connectivity index (χ0) is 31.8. The Bertz CT molecular complexity index is 1660. The summed E-state index contributed by atoms with van der Waals surface area (Å²) in [5, 5.41) is 10.1. The topological polar surface area (TPSA) is 142 Å². The fraction of sp³-hybridized carbons (Fsp3) is 0.222. The fourth-order valence-corrected chi connectivity index (χ4v) is 5.87. The first-order valence-corrected chi connectivity index (χ1v) is 15.1. The van der Waals surface area contributed by atoms with E-state index in [2.05, 4.69) is 4.99 Å². The Morgan fingerprint density at radius 3 is 2.11 bits per heavy atom. The first-order valence-electron chi connectivity index (χ1n) is 15.1. The van der Waals surface area contributed by atoms with Crippen molar-refractivity contribution in [3.8, 4) is 0 Å². The number of benzene rings is 4. The van der Waals surface area contributed by atoms with Crippen molar-refractivity contribution in [3.63, 3.8) is 0 Å². The van der Waals surface area contributed by atoms with Crippen LogP contribution >= 0.6 is 0 Å². The number of nitrogens with zero attached hydrogens (tertiary/aromatic N) is 3. The molecule has 4 aromatic carbocycles. The highest BCUT2D eigenvalue weighted by Crippen LogP contribution is 2.43. The Kier molecular flexibility index (Phi) is 9.89. The number of aliphatic imine (C=N–C) groups is 1. The molecule has 45 heavy (non-hydrogen) atoms. The van der Waals surface area contributed by atoms with Gasteiger partial charge in [0.05, 0.1) is 23.7 Å². The lowest BCUT2D eigenvalue weighted by Crippen LogP contribution is -2.43. The lowest BCUT2D eigenvalue weighted by molar-refractivity contribution is -0.139. The van der Waals surface area contributed by atoms with E-state index in [1.165, 1.54) is 4.90 Å². The lowest BCUT2D eigenvalue weighted by Gasteiger charge is -2.37. The van der Waals surface area contributed by atoms with Gasteiger partial charge in [0.2, 0.25) is 0 Å². The number of rotatable bonds is 12. The number of anilines is 2. The summed E-state index contributed by atoms with van der Waals surface area (Å²) in [4.78, 5) is 49.1. The quantitative estimate of drug-likeness (QED) is 0.107. The molecule has 5 rings (SSSR count). The lowest BCUT2D eigenvalue weighted by atomic mass is 9.95. The molecule has 0 aliphatic carbocycles. The van der Waals surface area contributed by atoms with E-state index >= 15 is 0 Å². The van der Waals surface area contributed by atoms with Gasteiger partial charge >= 0.3 is 5.97 Å². The maximum atomic E-state index is 14.9. The van der Waals surface area contributed by atoms with Crippen LogP contribution in [0.25, 0.3) is 0 Å². The number of unbranched alkanes of at least 4 members (excludes halogenated alkanes) is 2. The number of para-hydroxylation sites is 1. The van der Waals surface area contributed by atoms with Gasteiger partial charge in [0.15, 0.2) is 5.96 Å². The molecule has 5 N–H and O–H groups in total. The Morgan fingerprint density at radius 2 is 1.47 bits per heavy atom. The molecule has 9 heteroatoms. The molecule has 2 atom stereocenters. The van der Waals surface area contributed by atoms with Crippen LogP contribution < -0.4 is 16.4 Å². The van der Waals surface area contributed by atoms with Gasteiger partial charge in [0.1, 0.15) is 6.04 Å². The summed E-state index contributed by atoms with van der Waals surface area (Å²) in [6, 6.07) is 31.0. The minimum Gasteiger partial charge on any atom is -0.481 e. The second-order valence-electron chi connectivity index (χ2n) is 11.0. The van der Waals surface area contributed by atoms with Crippen LogP contribution in [0.5, 0.6) is 0 Å². The SMILES string of the molecule is NC(N)=NCCCCCc1ccc2c(c1)C(=O)N(C(CC(=O)O)c1ccccc1)C(c1ccccc1)C(=O)N2c1ccccc1. The summed E-state index contributed by atoms with van der Waals surface area (Å²) >= 11 is 0. The number of hydrogen-bond donors (Lipinski definition) is 3. The molecular weight excluding hydrogens is 566 g/mol. The average molecular weight is 604 g/mol. The third-order valence-electron chi connectivity index (χ3n) is 7.93. The van der Waals surface area contributed by atoms with Crippen LogP contribution in [-0.2, 0) is 16.0 Å². The average Bonchev–Trinajstić information content (AvgIpc) is 3.14. The highest BCUT2D eigenvalue weighted by molar-refractivity contribution is 6.14. The van der Waals surface area contributed by atoms with Gasteiger partial charge < -0.3 is 21.5 Å². The van der Waals surface area contributed by atoms with Gasteiger partial charge in [-0.05, 0) is 60.2 Å². The number of fused-ring (bicyclic) bond motifs is 1. The van der Waals surface area contributed by atoms with Crippen molar-refractivity contribution >= 4 is 35.1 Å². The fourth-order valence-electron chi connectivity index (χ4n) is 5.87. The Hall–Kier alpha value is -5.44. The van der Waals surface area contributed by atoms with Crippen molar-refractivity contribution in [3.05, 3.63) is 131 Å². The van der Waals surface area contributed by atoms with Crippen LogP contribution in [0.1, 0.15) is 64.8 Å². The van der Waals surface area contributed by atoms with Gasteiger partial charge in [0.25, 0.3) is 11.8 Å². The molecule has 1 aliphatic heterocycles. The third-order valence-corrected chi connectivity index (χ3v) is 7.93. The Morgan fingerprint density at radius 1 is 0.822 bits per heavy atom. The van der Waals surface area contributed by atoms with E-state index in [-0.39, 0.29) is 18.3 Å². The molecule has 0 fully saturated rings. The van der Waals surface area contributed by atoms with E-state index in [0.717, 1.165) is 24.8 Å². The standard InChI is InChI=1S/C36H37N5O4/c37-36(38)39-22-12-4-5-13-25-20-21-30-29(23-25)34(44)41(31(24-32(42)43)26-14-6-1-7-15-26)33(27-16-8-2-9-17-27)35(45)40(30)28-18-10-3-11-19-28/h1-3,6-11,14-21,23,31,33H,4-5,12-13,22,24H2,(H,42,43)(H4,37,38,39). The predicted octanol–water partition coefficient (Wildman–Crippen LogP) is 5.75. The van der Waals surface area contributed by atoms with Crippen LogP contribution in [0.15, 0.2) is 114 Å². The number of hydrogen-bond acceptors (Lipinski definition) is 4. The molecule has 4 aromatic rings. The van der Waals surface area contributed by atoms with Crippen molar-refractivity contribution in [2.24, 2.45) is 16.5 Å². The molecule has 2 amide bonds. The van der Waals surface area contributed by atoms with Crippen LogP contribution in [0, 0.1) is 0 Å². The van der Waals surface area contributed by atoms with E-state index < -0.39 is 24.0 Å². The maximum absolute atomic E-state index is 14.9. The van der Waals surface area contributed by atoms with Crippen LogP contribution in [0.2, 0.25) is 0 Å². The van der Waals surface area contributed by atoms with Crippen molar-refractivity contribution in [2.45, 2.75) is 44.2 Å². The molecule has 2 unspecified atom stereocenters. The third kappa shape index (κ3) is 7.21. The molecule has 1 aliphatic rings. The number of carboxylic acids is 1. The second-order valence-corrected chi connectivity index (χ2v) is 11.0. The van der Waals surface area contributed by atoms with Gasteiger partial charge in [-0.3, -0.25) is 24.3 Å². The molecule has 0 aromatic heterocycles. The Balaban J connectivity index is 1.65. The molecule has 9 nitrogen and oxygen atoms in total. The first kappa shape index (κ1) is 31.0. The first-order chi connectivity index (χ1) is 21.8. The molecule has 0 saturated carbocycles. The number of amides is 2. The van der Waals surface area contributed by atoms with E-state index in [4.69, 9.17) is 11.5 Å². The minimum atomic E-state index is -1.09. The summed E-state index contributed by atoms with van der Waals surface area (Å²) in [6.07, 6.45) is 2.92. The van der Waals surface area contributed by atoms with Gasteiger partial charge in [-0.15, -0.1) is 0 Å². The summed E-state index contributed by atoms with van der Waals surface area (Å²) in [7, 11) is 0. The van der Waals surface area contributed by atoms with E-state index in [1.54, 1.807) is 41.3 Å². The molecule has 0 radical (unpaired) electrons. The summed E-state index contributed by atoms with van der Waals surface area (Å²) < 4.78 is 0. The normalized spacial score (nSPS) is 15.2. The smallest absolute Gasteiger partial charge is 0.305 e. The number of guanidine groups is 1. The van der Waals surface area contributed by atoms with Crippen molar-refractivity contribution in [2.75, 3.05) is 11.4 Å². The zero-order valence-electron chi connectivity index (χ0n) is 25.0. The molecule has 1 heterocycles. The Labute approximate surface area is 262 Å². The van der Waals surface area contributed by atoms with Gasteiger partial charge in [0, 0.05) is 12.2 Å². The number of carbonyl (C=O) groups is 3. The number of aliphatic carboxylic acids is 1. The van der Waals surface area contributed by atoms with Crippen molar-refractivity contribution < 1.29 is 19.5 Å². The number of nitrogens with two attached hydrogens (primary N) is 2. The van der Waals surface area contributed by atoms with E-state index in [1.807, 2.05) is 72.8 Å². The van der Waals surface area contributed by atoms with Gasteiger partial charge in [-0.25, -0.2) is 0 Å². The molecule has 230 valence electrons. The highest BCUT2D eigenvalue weighted by Gasteiger charge is 2.45. The highest BCUT2D eigenvalue weighted by atomic mass is 16.4. The molecular formula is C36H37N5O4. The summed E-state index contributed by atoms with van der Waals surface area (Å²) in [5.74, 6) is -1.75. The number of carbonyl (C=O) groups excluding carboxylic acids is 2. The van der Waals surface area contributed by atoms with Crippen LogP contribution in [0.3, 0.4) is 0 Å². The second kappa shape index (κ2) is 14.4. The summed E-state index contributed by atoms with van der Waals surface area (Å²) in [5.41, 5.74) is 14.4. The molecule has 0 saturated heterocycles. The van der Waals surface area contributed by atoms with Gasteiger partial charge in [-0.2, -0.15) is 0 Å². The zero-order valence-corrected chi connectivity index (χ0v) is 25.0. The maximum Gasteiger partial charge on any atom is 0.305 e. The molecule has 0 spiro atoms. The monoisotopic (exact) mass is 603 g/mol. The van der Waals surface area contributed by atoms with Crippen LogP contribution in [-0.4, -0.2) is 40.3 Å². The van der Waals surface area contributed by atoms with Crippen molar-refractivity contribution in [1.82, 2.24) is 4.90 Å². The van der Waals surface area contributed by atoms with E-state index in [9.17, 15) is 19.5 Å². The van der Waals surface area contributed by atoms with Crippen molar-refractivity contribution in [1.29, 1.82) is 0 Å². The van der Waals surface area contributed by atoms with Crippen LogP contribution in [0.4, 0.5) is 11.4 Å². The molecule has 0 bridgehead atoms. The number of aryl methyl sites for hydroxylation is 1. The van der Waals surface area contributed by atoms with Gasteiger partial charge in [-0.1, -0.05) is 91.3 Å². The number of carboxylic acid groups (broad SMARTS) is 1. The largest absolute Gasteiger partial charge is 0.481 e. The van der Waals surface area contributed by atoms with E-state index in [0.29, 0.717) is 41.0 Å². The predicted molar refractivity (Wildman–Crippen MR) is 175 cm³/mol. The summed E-state index contributed by atoms with van der Waals surface area (Å²) in [6.45, 7) is 0.555.